The number of nitrogens with one attached hydrogen (secondary N) is 1. The Balaban J connectivity index is 1.78. The summed E-state index contributed by atoms with van der Waals surface area (Å²) in [7, 11) is 5.67. The van der Waals surface area contributed by atoms with Gasteiger partial charge >= 0.3 is 6.03 Å². The predicted octanol–water partition coefficient (Wildman–Crippen LogP) is 2.26. The number of rotatable bonds is 4. The van der Waals surface area contributed by atoms with E-state index in [-0.39, 0.29) is 23.4 Å². The molecule has 0 aromatic carbocycles. The van der Waals surface area contributed by atoms with Gasteiger partial charge in [-0.1, -0.05) is 0 Å². The van der Waals surface area contributed by atoms with Crippen molar-refractivity contribution in [2.24, 2.45) is 5.41 Å². The third kappa shape index (κ3) is 4.63. The fraction of sp³-hybridized carbons (Fsp3) is 0.700. The molecule has 3 heterocycles. The summed E-state index contributed by atoms with van der Waals surface area (Å²) < 4.78 is 0. The fourth-order valence-corrected chi connectivity index (χ4v) is 5.21. The topological polar surface area (TPSA) is 55.9 Å². The molecule has 2 aliphatic rings. The lowest BCUT2D eigenvalue weighted by Crippen LogP contribution is -2.61. The van der Waals surface area contributed by atoms with Crippen LogP contribution in [-0.2, 0) is 11.2 Å². The molecular weight excluding hydrogens is 360 g/mol. The van der Waals surface area contributed by atoms with Crippen LogP contribution in [-0.4, -0.2) is 80.0 Å². The molecule has 1 atom stereocenters. The number of nitrogens with zero attached hydrogens (tertiary/aromatic N) is 3. The van der Waals surface area contributed by atoms with E-state index in [1.165, 1.54) is 0 Å². The second-order valence-corrected chi connectivity index (χ2v) is 9.04. The van der Waals surface area contributed by atoms with Gasteiger partial charge in [-0.2, -0.15) is 11.3 Å². The smallest absolute Gasteiger partial charge is 0.316 e. The highest BCUT2D eigenvalue weighted by atomic mass is 32.1. The zero-order chi connectivity index (χ0) is 19.4. The molecule has 1 aromatic rings. The summed E-state index contributed by atoms with van der Waals surface area (Å²) in [5, 5.41) is 7.13. The molecule has 1 N–H and O–H groups in total. The van der Waals surface area contributed by atoms with Crippen molar-refractivity contribution < 1.29 is 9.59 Å². The third-order valence-corrected chi connectivity index (χ3v) is 6.98. The molecule has 0 radical (unpaired) electrons. The molecule has 1 aromatic heterocycles. The maximum atomic E-state index is 13.1. The van der Waals surface area contributed by atoms with E-state index in [2.05, 4.69) is 27.5 Å². The number of urea groups is 1. The summed E-state index contributed by atoms with van der Waals surface area (Å²) in [6.45, 7) is 3.45. The van der Waals surface area contributed by atoms with Gasteiger partial charge in [0.15, 0.2) is 0 Å². The second kappa shape index (κ2) is 8.61. The molecule has 3 amide bonds. The Labute approximate surface area is 166 Å². The van der Waals surface area contributed by atoms with Crippen molar-refractivity contribution in [3.05, 3.63) is 22.4 Å². The van der Waals surface area contributed by atoms with Gasteiger partial charge in [0, 0.05) is 27.2 Å². The lowest BCUT2D eigenvalue weighted by Gasteiger charge is -2.53. The van der Waals surface area contributed by atoms with Crippen molar-refractivity contribution >= 4 is 23.3 Å². The molecule has 2 aliphatic heterocycles. The molecule has 2 fully saturated rings. The largest absolute Gasteiger partial charge is 0.337 e. The first-order chi connectivity index (χ1) is 12.9. The number of carbonyl (C=O) groups is 2. The minimum atomic E-state index is -0.0890. The minimum Gasteiger partial charge on any atom is -0.337 e. The number of hydrogen-bond acceptors (Lipinski definition) is 4. The number of piperidine rings is 2. The molecule has 2 saturated heterocycles. The van der Waals surface area contributed by atoms with E-state index in [1.54, 1.807) is 30.3 Å². The summed E-state index contributed by atoms with van der Waals surface area (Å²) in [5.41, 5.74) is 1.21. The van der Waals surface area contributed by atoms with Crippen LogP contribution in [0.25, 0.3) is 0 Å². The average molecular weight is 393 g/mol. The Morgan fingerprint density at radius 2 is 2.00 bits per heavy atom. The van der Waals surface area contributed by atoms with Crippen LogP contribution < -0.4 is 5.32 Å². The second-order valence-electron chi connectivity index (χ2n) is 8.26. The van der Waals surface area contributed by atoms with Gasteiger partial charge in [-0.05, 0) is 73.6 Å². The maximum Gasteiger partial charge on any atom is 0.316 e. The van der Waals surface area contributed by atoms with E-state index in [0.29, 0.717) is 13.0 Å². The molecule has 0 unspecified atom stereocenters. The molecule has 7 heteroatoms. The van der Waals surface area contributed by atoms with Gasteiger partial charge < -0.3 is 20.0 Å². The van der Waals surface area contributed by atoms with E-state index in [0.717, 1.165) is 50.9 Å². The molecule has 0 saturated carbocycles. The van der Waals surface area contributed by atoms with Gasteiger partial charge in [-0.3, -0.25) is 4.79 Å². The number of thiophene rings is 1. The summed E-state index contributed by atoms with van der Waals surface area (Å²) in [4.78, 5) is 31.3. The van der Waals surface area contributed by atoms with Gasteiger partial charge in [0.05, 0.1) is 12.5 Å². The summed E-state index contributed by atoms with van der Waals surface area (Å²) in [5.74, 6) is 0.190. The van der Waals surface area contributed by atoms with E-state index in [4.69, 9.17) is 0 Å². The van der Waals surface area contributed by atoms with Gasteiger partial charge in [-0.15, -0.1) is 0 Å². The molecule has 0 aliphatic carbocycles. The van der Waals surface area contributed by atoms with Gasteiger partial charge in [0.2, 0.25) is 5.91 Å². The Bertz CT molecular complexity index is 638. The first-order valence-corrected chi connectivity index (χ1v) is 10.8. The number of likely N-dealkylation sites (tertiary alicyclic amines) is 2. The van der Waals surface area contributed by atoms with Gasteiger partial charge in [0.1, 0.15) is 0 Å². The zero-order valence-corrected chi connectivity index (χ0v) is 17.6. The van der Waals surface area contributed by atoms with Crippen molar-refractivity contribution in [1.82, 2.24) is 20.0 Å². The molecular formula is C20H32N4O2S. The van der Waals surface area contributed by atoms with Crippen molar-refractivity contribution in [3.8, 4) is 0 Å². The highest BCUT2D eigenvalue weighted by Crippen LogP contribution is 2.44. The van der Waals surface area contributed by atoms with Crippen LogP contribution in [0.15, 0.2) is 16.8 Å². The maximum absolute atomic E-state index is 13.1. The van der Waals surface area contributed by atoms with Crippen LogP contribution in [0.3, 0.4) is 0 Å². The van der Waals surface area contributed by atoms with E-state index >= 15 is 0 Å². The van der Waals surface area contributed by atoms with Crippen LogP contribution in [0.2, 0.25) is 0 Å². The number of carbonyl (C=O) groups excluding carboxylic acids is 2. The number of hydrogen-bond donors (Lipinski definition) is 1. The van der Waals surface area contributed by atoms with Crippen LogP contribution in [0.1, 0.15) is 31.2 Å². The third-order valence-electron chi connectivity index (χ3n) is 6.25. The van der Waals surface area contributed by atoms with Crippen molar-refractivity contribution in [2.75, 3.05) is 47.3 Å². The normalized spacial score (nSPS) is 22.6. The standard InChI is InChI=1S/C20H32N4O2S/c1-22(2)19(26)21-14-17-20(7-10-23(3)11-8-20)6-4-9-24(17)18(25)13-16-5-12-27-15-16/h5,12,15,17H,4,6-11,13-14H2,1-3H3,(H,21,26)/t17-/m1/s1. The van der Waals surface area contributed by atoms with Crippen LogP contribution in [0.4, 0.5) is 4.79 Å². The van der Waals surface area contributed by atoms with Crippen molar-refractivity contribution in [3.63, 3.8) is 0 Å². The molecule has 1 spiro atoms. The molecule has 6 nitrogen and oxygen atoms in total. The first kappa shape index (κ1) is 20.1. The lowest BCUT2D eigenvalue weighted by atomic mass is 9.66. The van der Waals surface area contributed by atoms with Crippen LogP contribution in [0.5, 0.6) is 0 Å². The van der Waals surface area contributed by atoms with Crippen molar-refractivity contribution in [2.45, 2.75) is 38.1 Å². The summed E-state index contributed by atoms with van der Waals surface area (Å²) >= 11 is 1.63. The SMILES string of the molecule is CN1CCC2(CCCN(C(=O)Cc3ccsc3)[C@@H]2CNC(=O)N(C)C)CC1. The Morgan fingerprint density at radius 1 is 1.26 bits per heavy atom. The van der Waals surface area contributed by atoms with E-state index < -0.39 is 0 Å². The van der Waals surface area contributed by atoms with Crippen molar-refractivity contribution in [1.29, 1.82) is 0 Å². The van der Waals surface area contributed by atoms with Crippen LogP contribution in [0, 0.1) is 5.41 Å². The molecule has 3 rings (SSSR count). The molecule has 27 heavy (non-hydrogen) atoms. The minimum absolute atomic E-state index is 0.0787. The van der Waals surface area contributed by atoms with Gasteiger partial charge in [-0.25, -0.2) is 4.79 Å². The zero-order valence-electron chi connectivity index (χ0n) is 16.7. The lowest BCUT2D eigenvalue weighted by molar-refractivity contribution is -0.140. The quantitative estimate of drug-likeness (QED) is 0.855. The first-order valence-electron chi connectivity index (χ1n) is 9.85. The average Bonchev–Trinajstić information content (AvgIpc) is 3.15. The van der Waals surface area contributed by atoms with Gasteiger partial charge in [0.25, 0.3) is 0 Å². The van der Waals surface area contributed by atoms with E-state index in [9.17, 15) is 9.59 Å². The molecule has 0 bridgehead atoms. The highest BCUT2D eigenvalue weighted by molar-refractivity contribution is 7.08. The Morgan fingerprint density at radius 3 is 2.63 bits per heavy atom. The Kier molecular flexibility index (Phi) is 6.42. The summed E-state index contributed by atoms with van der Waals surface area (Å²) in [6, 6.07) is 2.02. The monoisotopic (exact) mass is 392 g/mol. The van der Waals surface area contributed by atoms with E-state index in [1.807, 2.05) is 11.4 Å². The predicted molar refractivity (Wildman–Crippen MR) is 109 cm³/mol. The summed E-state index contributed by atoms with van der Waals surface area (Å²) in [6.07, 6.45) is 4.84. The fourth-order valence-electron chi connectivity index (χ4n) is 4.54. The number of amides is 3. The highest BCUT2D eigenvalue weighted by Gasteiger charge is 2.47. The van der Waals surface area contributed by atoms with Crippen LogP contribution >= 0.6 is 11.3 Å². The Hall–Kier alpha value is -1.60. The molecule has 150 valence electrons.